The fourth-order valence-corrected chi connectivity index (χ4v) is 4.07. The number of hydrogen-bond acceptors (Lipinski definition) is 6. The van der Waals surface area contributed by atoms with Crippen LogP contribution in [0.3, 0.4) is 0 Å². The Hall–Kier alpha value is -1.01. The number of nitrogens with two attached hydrogens (primary N) is 1. The number of hydrogen-bond donors (Lipinski definition) is 1. The summed E-state index contributed by atoms with van der Waals surface area (Å²) in [7, 11) is 1.67. The fraction of sp³-hybridized carbons (Fsp3) is 0.769. The largest absolute Gasteiger partial charge is 0.490 e. The summed E-state index contributed by atoms with van der Waals surface area (Å²) in [6.45, 7) is 4.39. The maximum Gasteiger partial charge on any atom is 0.197 e. The van der Waals surface area contributed by atoms with E-state index >= 15 is 0 Å². The van der Waals surface area contributed by atoms with Crippen molar-refractivity contribution in [2.45, 2.75) is 31.7 Å². The van der Waals surface area contributed by atoms with E-state index in [-0.39, 0.29) is 0 Å². The minimum Gasteiger partial charge on any atom is -0.490 e. The van der Waals surface area contributed by atoms with Gasteiger partial charge in [0.2, 0.25) is 0 Å². The number of nitrogen functional groups attached to an aromatic ring is 1. The van der Waals surface area contributed by atoms with Crippen molar-refractivity contribution < 1.29 is 4.74 Å². The van der Waals surface area contributed by atoms with E-state index in [2.05, 4.69) is 14.2 Å². The van der Waals surface area contributed by atoms with Gasteiger partial charge >= 0.3 is 0 Å². The van der Waals surface area contributed by atoms with Crippen molar-refractivity contribution in [3.8, 4) is 5.75 Å². The summed E-state index contributed by atoms with van der Waals surface area (Å²) in [5.74, 6) is 1.26. The highest BCUT2D eigenvalue weighted by Crippen LogP contribution is 2.38. The van der Waals surface area contributed by atoms with E-state index in [0.29, 0.717) is 5.82 Å². The Bertz CT molecular complexity index is 422. The molecule has 19 heavy (non-hydrogen) atoms. The number of methoxy groups -OCH3 is 1. The van der Waals surface area contributed by atoms with Crippen LogP contribution < -0.4 is 15.4 Å². The van der Waals surface area contributed by atoms with Crippen LogP contribution in [-0.2, 0) is 0 Å². The van der Waals surface area contributed by atoms with Crippen LogP contribution in [0.15, 0.2) is 0 Å². The molecule has 1 aliphatic carbocycles. The predicted molar refractivity (Wildman–Crippen MR) is 79.1 cm³/mol. The van der Waals surface area contributed by atoms with Crippen LogP contribution in [0.25, 0.3) is 0 Å². The lowest BCUT2D eigenvalue weighted by molar-refractivity contribution is 0.187. The Morgan fingerprint density at radius 3 is 2.53 bits per heavy atom. The first-order valence-corrected chi connectivity index (χ1v) is 7.85. The lowest BCUT2D eigenvalue weighted by Gasteiger charge is -2.38. The van der Waals surface area contributed by atoms with Gasteiger partial charge in [0, 0.05) is 32.2 Å². The Kier molecular flexibility index (Phi) is 3.79. The third kappa shape index (κ3) is 2.51. The molecule has 0 amide bonds. The summed E-state index contributed by atoms with van der Waals surface area (Å²) in [6.07, 6.45) is 5.59. The molecule has 0 unspecified atom stereocenters. The van der Waals surface area contributed by atoms with Gasteiger partial charge in [-0.3, -0.25) is 4.90 Å². The Labute approximate surface area is 118 Å². The Morgan fingerprint density at radius 2 is 1.89 bits per heavy atom. The van der Waals surface area contributed by atoms with Crippen molar-refractivity contribution in [2.75, 3.05) is 43.9 Å². The van der Waals surface area contributed by atoms with Crippen LogP contribution in [0.2, 0.25) is 0 Å². The van der Waals surface area contributed by atoms with E-state index in [1.807, 2.05) is 0 Å². The summed E-state index contributed by atoms with van der Waals surface area (Å²) in [4.78, 5) is 5.01. The topological polar surface area (TPSA) is 54.6 Å². The number of nitrogens with zero attached hydrogens (tertiary/aromatic N) is 3. The molecule has 1 aromatic heterocycles. The lowest BCUT2D eigenvalue weighted by Crippen LogP contribution is -2.49. The van der Waals surface area contributed by atoms with Gasteiger partial charge in [0.15, 0.2) is 16.6 Å². The molecule has 5 nitrogen and oxygen atoms in total. The predicted octanol–water partition coefficient (Wildman–Crippen LogP) is 1.80. The second-order valence-electron chi connectivity index (χ2n) is 5.37. The highest BCUT2D eigenvalue weighted by Gasteiger charge is 2.28. The smallest absolute Gasteiger partial charge is 0.197 e. The van der Waals surface area contributed by atoms with Crippen molar-refractivity contribution in [3.63, 3.8) is 0 Å². The van der Waals surface area contributed by atoms with Gasteiger partial charge in [-0.2, -0.15) is 4.37 Å². The number of rotatable bonds is 3. The second-order valence-corrected chi connectivity index (χ2v) is 6.12. The molecule has 2 fully saturated rings. The van der Waals surface area contributed by atoms with Crippen LogP contribution in [-0.4, -0.2) is 48.6 Å². The Balaban J connectivity index is 1.63. The Morgan fingerprint density at radius 1 is 1.21 bits per heavy atom. The molecule has 0 aromatic carbocycles. The number of aromatic nitrogens is 1. The van der Waals surface area contributed by atoms with Crippen molar-refractivity contribution in [3.05, 3.63) is 0 Å². The minimum absolute atomic E-state index is 0.515. The van der Waals surface area contributed by atoms with Gasteiger partial charge in [0.05, 0.1) is 7.11 Å². The van der Waals surface area contributed by atoms with Gasteiger partial charge in [-0.05, 0) is 24.4 Å². The van der Waals surface area contributed by atoms with Crippen LogP contribution >= 0.6 is 11.5 Å². The van der Waals surface area contributed by atoms with E-state index in [1.165, 1.54) is 37.2 Å². The van der Waals surface area contributed by atoms with Gasteiger partial charge in [0.25, 0.3) is 0 Å². The molecule has 0 atom stereocenters. The van der Waals surface area contributed by atoms with Gasteiger partial charge in [-0.1, -0.05) is 12.8 Å². The van der Waals surface area contributed by atoms with E-state index in [9.17, 15) is 0 Å². The summed E-state index contributed by atoms with van der Waals surface area (Å²) >= 11 is 1.45. The minimum atomic E-state index is 0.515. The summed E-state index contributed by atoms with van der Waals surface area (Å²) in [6, 6.07) is 0.829. The zero-order valence-corrected chi connectivity index (χ0v) is 12.3. The molecular formula is C13H22N4OS. The number of piperazine rings is 1. The highest BCUT2D eigenvalue weighted by molar-refractivity contribution is 7.11. The van der Waals surface area contributed by atoms with Gasteiger partial charge in [0.1, 0.15) is 0 Å². The van der Waals surface area contributed by atoms with Gasteiger partial charge in [-0.25, -0.2) is 0 Å². The van der Waals surface area contributed by atoms with Crippen molar-refractivity contribution in [1.82, 2.24) is 9.27 Å². The van der Waals surface area contributed by atoms with Crippen molar-refractivity contribution >= 4 is 22.4 Å². The normalized spacial score (nSPS) is 22.1. The second kappa shape index (κ2) is 5.54. The summed E-state index contributed by atoms with van der Waals surface area (Å²) in [5.41, 5.74) is 5.82. The lowest BCUT2D eigenvalue weighted by atomic mass is 10.2. The summed E-state index contributed by atoms with van der Waals surface area (Å²) < 4.78 is 9.56. The molecule has 0 bridgehead atoms. The zero-order chi connectivity index (χ0) is 13.2. The highest BCUT2D eigenvalue weighted by atomic mass is 32.1. The third-order valence-electron chi connectivity index (χ3n) is 4.30. The molecular weight excluding hydrogens is 260 g/mol. The molecule has 1 saturated carbocycles. The van der Waals surface area contributed by atoms with E-state index in [1.54, 1.807) is 7.11 Å². The average molecular weight is 282 g/mol. The van der Waals surface area contributed by atoms with E-state index in [0.717, 1.165) is 43.0 Å². The molecule has 6 heteroatoms. The summed E-state index contributed by atoms with van der Waals surface area (Å²) in [5, 5.41) is 1.09. The first-order chi connectivity index (χ1) is 9.29. The molecule has 2 N–H and O–H groups in total. The first-order valence-electron chi connectivity index (χ1n) is 7.07. The molecule has 1 aromatic rings. The maximum atomic E-state index is 5.82. The van der Waals surface area contributed by atoms with E-state index in [4.69, 9.17) is 10.5 Å². The molecule has 1 aliphatic heterocycles. The maximum absolute atomic E-state index is 5.82. The molecule has 106 valence electrons. The fourth-order valence-electron chi connectivity index (χ4n) is 3.24. The molecule has 2 aliphatic rings. The van der Waals surface area contributed by atoms with Crippen LogP contribution in [0, 0.1) is 0 Å². The van der Waals surface area contributed by atoms with Crippen molar-refractivity contribution in [2.24, 2.45) is 0 Å². The van der Waals surface area contributed by atoms with Gasteiger partial charge < -0.3 is 15.4 Å². The molecule has 3 rings (SSSR count). The standard InChI is InChI=1S/C13H22N4OS/c1-18-11-12(14)15-19-13(11)17-8-6-16(7-9-17)10-4-2-3-5-10/h10H,2-9H2,1H3,(H2,14,15). The van der Waals surface area contributed by atoms with Crippen LogP contribution in [0.1, 0.15) is 25.7 Å². The number of ether oxygens (including phenoxy) is 1. The third-order valence-corrected chi connectivity index (χ3v) is 5.21. The van der Waals surface area contributed by atoms with Crippen molar-refractivity contribution in [1.29, 1.82) is 0 Å². The molecule has 2 heterocycles. The van der Waals surface area contributed by atoms with Crippen LogP contribution in [0.5, 0.6) is 5.75 Å². The SMILES string of the molecule is COc1c(N)nsc1N1CCN(C2CCCC2)CC1. The zero-order valence-electron chi connectivity index (χ0n) is 11.5. The van der Waals surface area contributed by atoms with E-state index < -0.39 is 0 Å². The van der Waals surface area contributed by atoms with Gasteiger partial charge in [-0.15, -0.1) is 0 Å². The quantitative estimate of drug-likeness (QED) is 0.916. The molecule has 0 radical (unpaired) electrons. The monoisotopic (exact) mass is 282 g/mol. The number of anilines is 2. The average Bonchev–Trinajstić information content (AvgIpc) is 3.08. The molecule has 1 saturated heterocycles. The molecule has 0 spiro atoms. The van der Waals surface area contributed by atoms with Crippen LogP contribution in [0.4, 0.5) is 10.8 Å². The first kappa shape index (κ1) is 13.0.